The van der Waals surface area contributed by atoms with Gasteiger partial charge in [0.25, 0.3) is 0 Å². The highest BCUT2D eigenvalue weighted by Gasteiger charge is 2.17. The third-order valence-corrected chi connectivity index (χ3v) is 5.50. The summed E-state index contributed by atoms with van der Waals surface area (Å²) < 4.78 is 22.4. The lowest BCUT2D eigenvalue weighted by molar-refractivity contribution is 0.0730. The lowest BCUT2D eigenvalue weighted by Crippen LogP contribution is -2.18. The van der Waals surface area contributed by atoms with Crippen molar-refractivity contribution >= 4 is 43.8 Å². The Balaban J connectivity index is 1.44. The monoisotopic (exact) mass is 504 g/mol. The number of esters is 1. The van der Waals surface area contributed by atoms with Crippen molar-refractivity contribution in [3.05, 3.63) is 110 Å². The molecular formula is C25H13BrO7. The van der Waals surface area contributed by atoms with Crippen molar-refractivity contribution in [3.8, 4) is 17.2 Å². The van der Waals surface area contributed by atoms with Gasteiger partial charge < -0.3 is 18.3 Å². The zero-order valence-corrected chi connectivity index (χ0v) is 18.3. The molecule has 33 heavy (non-hydrogen) atoms. The summed E-state index contributed by atoms with van der Waals surface area (Å²) in [5.41, 5.74) is -0.880. The Morgan fingerprint density at radius 2 is 1.64 bits per heavy atom. The molecule has 2 aromatic heterocycles. The second-order valence-electron chi connectivity index (χ2n) is 6.99. The number of halogens is 1. The molecule has 0 aliphatic carbocycles. The van der Waals surface area contributed by atoms with Crippen molar-refractivity contribution in [2.75, 3.05) is 0 Å². The van der Waals surface area contributed by atoms with E-state index in [0.29, 0.717) is 21.2 Å². The number of carbonyl (C=O) groups is 1. The molecule has 162 valence electrons. The zero-order valence-electron chi connectivity index (χ0n) is 16.7. The van der Waals surface area contributed by atoms with E-state index in [-0.39, 0.29) is 33.5 Å². The largest absolute Gasteiger partial charge is 0.460 e. The molecule has 8 heteroatoms. The van der Waals surface area contributed by atoms with Crippen molar-refractivity contribution in [2.45, 2.75) is 0 Å². The van der Waals surface area contributed by atoms with Gasteiger partial charge in [-0.2, -0.15) is 0 Å². The van der Waals surface area contributed by atoms with Crippen LogP contribution in [0, 0.1) is 0 Å². The summed E-state index contributed by atoms with van der Waals surface area (Å²) in [6.07, 6.45) is 1.19. The van der Waals surface area contributed by atoms with Crippen LogP contribution in [0.2, 0.25) is 0 Å². The van der Waals surface area contributed by atoms with Crippen molar-refractivity contribution in [2.24, 2.45) is 0 Å². The third-order valence-electron chi connectivity index (χ3n) is 4.84. The number of hydrogen-bond acceptors (Lipinski definition) is 7. The molecule has 0 unspecified atom stereocenters. The van der Waals surface area contributed by atoms with E-state index in [1.165, 1.54) is 30.5 Å². The molecule has 3 aromatic carbocycles. The van der Waals surface area contributed by atoms with Crippen molar-refractivity contribution < 1.29 is 23.1 Å². The minimum absolute atomic E-state index is 0.00733. The van der Waals surface area contributed by atoms with Crippen LogP contribution in [0.15, 0.2) is 102 Å². The van der Waals surface area contributed by atoms with E-state index in [9.17, 15) is 14.4 Å². The van der Waals surface area contributed by atoms with E-state index >= 15 is 0 Å². The lowest BCUT2D eigenvalue weighted by atomic mass is 10.2. The summed E-state index contributed by atoms with van der Waals surface area (Å²) in [5, 5.41) is 0.829. The number of benzene rings is 3. The van der Waals surface area contributed by atoms with Crippen LogP contribution in [0.3, 0.4) is 0 Å². The number of ether oxygens (including phenoxy) is 2. The molecule has 0 saturated carbocycles. The highest BCUT2D eigenvalue weighted by atomic mass is 79.9. The molecule has 0 aliphatic rings. The molecule has 0 amide bonds. The standard InChI is InChI=1S/C25H13BrO7/c26-18-6-2-4-8-20(18)32-22-13-30-21-12-15(9-10-16(21)23(22)27)31-24(28)17-11-14-5-1-3-7-19(14)33-25(17)29/h1-13H. The minimum atomic E-state index is -0.884. The summed E-state index contributed by atoms with van der Waals surface area (Å²) in [4.78, 5) is 37.6. The quantitative estimate of drug-likeness (QED) is 0.176. The third kappa shape index (κ3) is 4.04. The zero-order chi connectivity index (χ0) is 22.9. The van der Waals surface area contributed by atoms with Crippen LogP contribution in [0.4, 0.5) is 0 Å². The second kappa shape index (κ2) is 8.40. The Hall–Kier alpha value is -4.17. The van der Waals surface area contributed by atoms with Crippen LogP contribution >= 0.6 is 15.9 Å². The van der Waals surface area contributed by atoms with Gasteiger partial charge in [-0.3, -0.25) is 4.79 Å². The Labute approximate surface area is 193 Å². The molecule has 7 nitrogen and oxygen atoms in total. The van der Waals surface area contributed by atoms with Crippen LogP contribution in [0.1, 0.15) is 10.4 Å². The fourth-order valence-corrected chi connectivity index (χ4v) is 3.60. The lowest BCUT2D eigenvalue weighted by Gasteiger charge is -2.08. The maximum Gasteiger partial charge on any atom is 0.351 e. The van der Waals surface area contributed by atoms with E-state index in [0.717, 1.165) is 0 Å². The van der Waals surface area contributed by atoms with Gasteiger partial charge in [-0.05, 0) is 52.3 Å². The van der Waals surface area contributed by atoms with Gasteiger partial charge in [0.15, 0.2) is 0 Å². The average molecular weight is 505 g/mol. The number of carbonyl (C=O) groups excluding carboxylic acids is 1. The Kier molecular flexibility index (Phi) is 5.27. The van der Waals surface area contributed by atoms with E-state index in [1.807, 2.05) is 6.07 Å². The average Bonchev–Trinajstić information content (AvgIpc) is 2.81. The van der Waals surface area contributed by atoms with Crippen LogP contribution < -0.4 is 20.5 Å². The molecule has 0 bridgehead atoms. The first-order valence-corrected chi connectivity index (χ1v) is 10.5. The van der Waals surface area contributed by atoms with E-state index < -0.39 is 11.6 Å². The molecule has 0 radical (unpaired) electrons. The van der Waals surface area contributed by atoms with Crippen molar-refractivity contribution in [3.63, 3.8) is 0 Å². The van der Waals surface area contributed by atoms with Gasteiger partial charge in [-0.1, -0.05) is 30.3 Å². The van der Waals surface area contributed by atoms with Gasteiger partial charge in [0, 0.05) is 11.5 Å². The highest BCUT2D eigenvalue weighted by Crippen LogP contribution is 2.29. The molecule has 0 aliphatic heterocycles. The fourth-order valence-electron chi connectivity index (χ4n) is 3.24. The maximum atomic E-state index is 12.8. The molecular weight excluding hydrogens is 492 g/mol. The number of fused-ring (bicyclic) bond motifs is 2. The Morgan fingerprint density at radius 3 is 2.48 bits per heavy atom. The minimum Gasteiger partial charge on any atom is -0.460 e. The second-order valence-corrected chi connectivity index (χ2v) is 7.85. The van der Waals surface area contributed by atoms with Gasteiger partial charge in [0.2, 0.25) is 11.2 Å². The van der Waals surface area contributed by atoms with Gasteiger partial charge >= 0.3 is 11.6 Å². The van der Waals surface area contributed by atoms with Gasteiger partial charge in [-0.15, -0.1) is 0 Å². The summed E-state index contributed by atoms with van der Waals surface area (Å²) in [6.45, 7) is 0. The maximum absolute atomic E-state index is 12.8. The van der Waals surface area contributed by atoms with Crippen LogP contribution in [0.25, 0.3) is 21.9 Å². The van der Waals surface area contributed by atoms with Crippen molar-refractivity contribution in [1.29, 1.82) is 0 Å². The van der Waals surface area contributed by atoms with E-state index in [1.54, 1.807) is 42.5 Å². The molecule has 0 atom stereocenters. The van der Waals surface area contributed by atoms with E-state index in [2.05, 4.69) is 15.9 Å². The predicted molar refractivity (Wildman–Crippen MR) is 124 cm³/mol. The van der Waals surface area contributed by atoms with Crippen LogP contribution in [-0.4, -0.2) is 5.97 Å². The first kappa shape index (κ1) is 20.7. The molecule has 0 fully saturated rings. The topological polar surface area (TPSA) is 96.0 Å². The number of rotatable bonds is 4. The molecule has 2 heterocycles. The predicted octanol–water partition coefficient (Wildman–Crippen LogP) is 5.67. The molecule has 0 spiro atoms. The van der Waals surface area contributed by atoms with Crippen molar-refractivity contribution in [1.82, 2.24) is 0 Å². The van der Waals surface area contributed by atoms with E-state index in [4.69, 9.17) is 18.3 Å². The summed E-state index contributed by atoms with van der Waals surface area (Å²) in [7, 11) is 0. The first-order valence-electron chi connectivity index (χ1n) is 9.72. The molecule has 5 rings (SSSR count). The Morgan fingerprint density at radius 1 is 0.848 bits per heavy atom. The normalized spacial score (nSPS) is 10.9. The van der Waals surface area contributed by atoms with Crippen LogP contribution in [0.5, 0.6) is 17.2 Å². The van der Waals surface area contributed by atoms with Gasteiger partial charge in [0.1, 0.15) is 34.5 Å². The molecule has 0 N–H and O–H groups in total. The number of hydrogen-bond donors (Lipinski definition) is 0. The fraction of sp³-hybridized carbons (Fsp3) is 0. The first-order chi connectivity index (χ1) is 16.0. The number of para-hydroxylation sites is 2. The van der Waals surface area contributed by atoms with Gasteiger partial charge in [-0.25, -0.2) is 9.59 Å². The summed E-state index contributed by atoms with van der Waals surface area (Å²) >= 11 is 3.36. The summed E-state index contributed by atoms with van der Waals surface area (Å²) in [6, 6.07) is 19.6. The smallest absolute Gasteiger partial charge is 0.351 e. The molecule has 0 saturated heterocycles. The Bertz CT molecular complexity index is 1650. The highest BCUT2D eigenvalue weighted by molar-refractivity contribution is 9.10. The van der Waals surface area contributed by atoms with Crippen LogP contribution in [-0.2, 0) is 0 Å². The molecule has 5 aromatic rings. The van der Waals surface area contributed by atoms with Gasteiger partial charge in [0.05, 0.1) is 9.86 Å². The SMILES string of the molecule is O=C(Oc1ccc2c(=O)c(Oc3ccccc3Br)coc2c1)c1cc2ccccc2oc1=O. The summed E-state index contributed by atoms with van der Waals surface area (Å²) in [5.74, 6) is -0.315.